The molecule has 12 heavy (non-hydrogen) atoms. The van der Waals surface area contributed by atoms with Crippen LogP contribution in [-0.4, -0.2) is 0 Å². The van der Waals surface area contributed by atoms with E-state index < -0.39 is 0 Å². The van der Waals surface area contributed by atoms with Crippen LogP contribution in [0.2, 0.25) is 0 Å². The topological polar surface area (TPSA) is 26.0 Å². The molecule has 0 aromatic heterocycles. The lowest BCUT2D eigenvalue weighted by atomic mass is 10.1. The van der Waals surface area contributed by atoms with Crippen LogP contribution in [0.5, 0.6) is 0 Å². The lowest BCUT2D eigenvalue weighted by Crippen LogP contribution is -2.04. The van der Waals surface area contributed by atoms with Gasteiger partial charge in [0.25, 0.3) is 0 Å². The van der Waals surface area contributed by atoms with E-state index in [2.05, 4.69) is 5.92 Å². The van der Waals surface area contributed by atoms with Crippen molar-refractivity contribution in [3.63, 3.8) is 0 Å². The van der Waals surface area contributed by atoms with Crippen molar-refractivity contribution >= 4 is 0 Å². The Morgan fingerprint density at radius 2 is 2.00 bits per heavy atom. The van der Waals surface area contributed by atoms with Gasteiger partial charge in [-0.2, -0.15) is 0 Å². The van der Waals surface area contributed by atoms with Crippen LogP contribution in [0.3, 0.4) is 0 Å². The Morgan fingerprint density at radius 3 is 2.42 bits per heavy atom. The molecule has 1 atom stereocenters. The summed E-state index contributed by atoms with van der Waals surface area (Å²) in [6.45, 7) is 1.97. The highest BCUT2D eigenvalue weighted by molar-refractivity contribution is 5.26. The summed E-state index contributed by atoms with van der Waals surface area (Å²) in [5.41, 5.74) is 8.01. The van der Waals surface area contributed by atoms with E-state index in [1.165, 1.54) is 5.56 Å². The van der Waals surface area contributed by atoms with Gasteiger partial charge in [0.2, 0.25) is 0 Å². The normalized spacial score (nSPS) is 12.1. The van der Waals surface area contributed by atoms with Crippen LogP contribution in [0, 0.1) is 12.3 Å². The van der Waals surface area contributed by atoms with Gasteiger partial charge in [0.05, 0.1) is 0 Å². The highest BCUT2D eigenvalue weighted by atomic mass is 14.6. The van der Waals surface area contributed by atoms with E-state index in [-0.39, 0.29) is 6.04 Å². The lowest BCUT2D eigenvalue weighted by Gasteiger charge is -2.05. The Hall–Kier alpha value is -1.26. The Kier molecular flexibility index (Phi) is 2.90. The van der Waals surface area contributed by atoms with Crippen molar-refractivity contribution in [2.75, 3.05) is 0 Å². The summed E-state index contributed by atoms with van der Waals surface area (Å²) >= 11 is 0. The minimum atomic E-state index is 0.102. The molecule has 0 bridgehead atoms. The zero-order chi connectivity index (χ0) is 8.97. The third-order valence-corrected chi connectivity index (χ3v) is 1.81. The van der Waals surface area contributed by atoms with Crippen molar-refractivity contribution in [2.24, 2.45) is 5.73 Å². The Morgan fingerprint density at radius 1 is 1.42 bits per heavy atom. The van der Waals surface area contributed by atoms with Gasteiger partial charge in [0, 0.05) is 12.5 Å². The zero-order valence-electron chi connectivity index (χ0n) is 7.25. The van der Waals surface area contributed by atoms with E-state index in [0.29, 0.717) is 6.42 Å². The molecular formula is C11H13N. The molecule has 1 aromatic carbocycles. The molecule has 0 fully saturated rings. The van der Waals surface area contributed by atoms with Gasteiger partial charge < -0.3 is 5.73 Å². The predicted octanol–water partition coefficient (Wildman–Crippen LogP) is 1.88. The second-order valence-corrected chi connectivity index (χ2v) is 2.91. The van der Waals surface area contributed by atoms with E-state index in [9.17, 15) is 0 Å². The Labute approximate surface area is 73.6 Å². The van der Waals surface area contributed by atoms with Crippen LogP contribution < -0.4 is 5.73 Å². The highest BCUT2D eigenvalue weighted by Gasteiger charge is 1.97. The van der Waals surface area contributed by atoms with Crippen LogP contribution in [-0.2, 0) is 6.42 Å². The molecule has 1 heteroatoms. The average Bonchev–Trinajstić information content (AvgIpc) is 2.06. The van der Waals surface area contributed by atoms with E-state index >= 15 is 0 Å². The van der Waals surface area contributed by atoms with Crippen LogP contribution in [0.4, 0.5) is 0 Å². The van der Waals surface area contributed by atoms with Crippen LogP contribution in [0.15, 0.2) is 24.3 Å². The monoisotopic (exact) mass is 159 g/mol. The molecule has 0 aliphatic rings. The largest absolute Gasteiger partial charge is 0.324 e. The van der Waals surface area contributed by atoms with E-state index in [1.54, 1.807) is 0 Å². The molecule has 0 aliphatic heterocycles. The fourth-order valence-electron chi connectivity index (χ4n) is 1.06. The zero-order valence-corrected chi connectivity index (χ0v) is 7.25. The Balaban J connectivity index is 2.80. The molecule has 1 aromatic rings. The molecule has 62 valence electrons. The number of benzene rings is 1. The SMILES string of the molecule is C#CCc1ccc(C(C)N)cc1. The van der Waals surface area contributed by atoms with Gasteiger partial charge in [0.1, 0.15) is 0 Å². The molecule has 0 heterocycles. The van der Waals surface area contributed by atoms with Gasteiger partial charge in [0.15, 0.2) is 0 Å². The maximum absolute atomic E-state index is 5.70. The van der Waals surface area contributed by atoms with Crippen molar-refractivity contribution < 1.29 is 0 Å². The Bertz CT molecular complexity index is 277. The summed E-state index contributed by atoms with van der Waals surface area (Å²) in [6, 6.07) is 8.20. The van der Waals surface area contributed by atoms with Gasteiger partial charge >= 0.3 is 0 Å². The number of terminal acetylenes is 1. The molecule has 2 N–H and O–H groups in total. The quantitative estimate of drug-likeness (QED) is 0.655. The summed E-state index contributed by atoms with van der Waals surface area (Å²) in [7, 11) is 0. The molecule has 0 aliphatic carbocycles. The van der Waals surface area contributed by atoms with Gasteiger partial charge in [-0.15, -0.1) is 12.3 Å². The van der Waals surface area contributed by atoms with Gasteiger partial charge in [-0.25, -0.2) is 0 Å². The minimum Gasteiger partial charge on any atom is -0.324 e. The first-order chi connectivity index (χ1) is 5.74. The molecule has 0 saturated heterocycles. The fraction of sp³-hybridized carbons (Fsp3) is 0.273. The molecule has 0 saturated carbocycles. The highest BCUT2D eigenvalue weighted by Crippen LogP contribution is 2.10. The van der Waals surface area contributed by atoms with Gasteiger partial charge in [-0.1, -0.05) is 24.3 Å². The smallest absolute Gasteiger partial charge is 0.0337 e. The first-order valence-electron chi connectivity index (χ1n) is 4.02. The van der Waals surface area contributed by atoms with Crippen molar-refractivity contribution in [1.29, 1.82) is 0 Å². The first-order valence-corrected chi connectivity index (χ1v) is 4.02. The van der Waals surface area contributed by atoms with Crippen molar-refractivity contribution in [2.45, 2.75) is 19.4 Å². The van der Waals surface area contributed by atoms with E-state index in [0.717, 1.165) is 5.56 Å². The minimum absolute atomic E-state index is 0.102. The van der Waals surface area contributed by atoms with Crippen LogP contribution >= 0.6 is 0 Å². The summed E-state index contributed by atoms with van der Waals surface area (Å²) in [5.74, 6) is 2.60. The summed E-state index contributed by atoms with van der Waals surface area (Å²) < 4.78 is 0. The first kappa shape index (κ1) is 8.83. The second kappa shape index (κ2) is 3.94. The molecule has 1 rings (SSSR count). The average molecular weight is 159 g/mol. The number of nitrogens with two attached hydrogens (primary N) is 1. The van der Waals surface area contributed by atoms with E-state index in [4.69, 9.17) is 12.2 Å². The molecule has 1 unspecified atom stereocenters. The van der Waals surface area contributed by atoms with Gasteiger partial charge in [-0.05, 0) is 18.1 Å². The van der Waals surface area contributed by atoms with Gasteiger partial charge in [-0.3, -0.25) is 0 Å². The standard InChI is InChI=1S/C11H13N/c1-3-4-10-5-7-11(8-6-10)9(2)12/h1,5-9H,4,12H2,2H3. The van der Waals surface area contributed by atoms with Crippen molar-refractivity contribution in [3.8, 4) is 12.3 Å². The maximum Gasteiger partial charge on any atom is 0.0337 e. The second-order valence-electron chi connectivity index (χ2n) is 2.91. The summed E-state index contributed by atoms with van der Waals surface area (Å²) in [5, 5.41) is 0. The number of rotatable bonds is 2. The number of hydrogen-bond acceptors (Lipinski definition) is 1. The molecule has 1 nitrogen and oxygen atoms in total. The summed E-state index contributed by atoms with van der Waals surface area (Å²) in [4.78, 5) is 0. The predicted molar refractivity (Wildman–Crippen MR) is 51.6 cm³/mol. The number of hydrogen-bond donors (Lipinski definition) is 1. The third-order valence-electron chi connectivity index (χ3n) is 1.81. The maximum atomic E-state index is 5.70. The summed E-state index contributed by atoms with van der Waals surface area (Å²) in [6.07, 6.45) is 5.88. The van der Waals surface area contributed by atoms with Crippen LogP contribution in [0.25, 0.3) is 0 Å². The lowest BCUT2D eigenvalue weighted by molar-refractivity contribution is 0.817. The van der Waals surface area contributed by atoms with Crippen molar-refractivity contribution in [1.82, 2.24) is 0 Å². The van der Waals surface area contributed by atoms with Crippen molar-refractivity contribution in [3.05, 3.63) is 35.4 Å². The molecule has 0 radical (unpaired) electrons. The fourth-order valence-corrected chi connectivity index (χ4v) is 1.06. The molecule has 0 spiro atoms. The molecular weight excluding hydrogens is 146 g/mol. The van der Waals surface area contributed by atoms with E-state index in [1.807, 2.05) is 31.2 Å². The van der Waals surface area contributed by atoms with Crippen LogP contribution in [0.1, 0.15) is 24.1 Å². The third kappa shape index (κ3) is 2.11. The molecule has 0 amide bonds.